The van der Waals surface area contributed by atoms with Crippen LogP contribution in [0.1, 0.15) is 34.3 Å². The lowest BCUT2D eigenvalue weighted by atomic mass is 10.1. The van der Waals surface area contributed by atoms with Gasteiger partial charge in [0.2, 0.25) is 5.91 Å². The summed E-state index contributed by atoms with van der Waals surface area (Å²) in [5.41, 5.74) is 1.04. The van der Waals surface area contributed by atoms with Crippen molar-refractivity contribution in [1.82, 2.24) is 9.80 Å². The van der Waals surface area contributed by atoms with Crippen LogP contribution in [0.15, 0.2) is 58.5 Å². The molecule has 176 valence electrons. The maximum Gasteiger partial charge on any atom is 0.290 e. The van der Waals surface area contributed by atoms with E-state index in [1.54, 1.807) is 47.5 Å². The predicted octanol–water partition coefficient (Wildman–Crippen LogP) is 4.48. The summed E-state index contributed by atoms with van der Waals surface area (Å²) >= 11 is 1.61. The minimum absolute atomic E-state index is 0.00465. The number of ether oxygens (including phenoxy) is 2. The third-order valence-electron chi connectivity index (χ3n) is 5.24. The number of thiophene rings is 1. The van der Waals surface area contributed by atoms with Gasteiger partial charge < -0.3 is 23.7 Å². The van der Waals surface area contributed by atoms with Crippen molar-refractivity contribution in [3.8, 4) is 11.5 Å². The SMILES string of the molecule is CCCN(CC(=O)N(CCc1ccc(OC)c(OC)c1)Cc1cccs1)C(=O)c1ccco1. The average Bonchev–Trinajstić information content (AvgIpc) is 3.55. The van der Waals surface area contributed by atoms with Gasteiger partial charge in [-0.15, -0.1) is 11.3 Å². The largest absolute Gasteiger partial charge is 0.493 e. The molecule has 0 unspecified atom stereocenters. The van der Waals surface area contributed by atoms with E-state index in [1.165, 1.54) is 6.26 Å². The fourth-order valence-corrected chi connectivity index (χ4v) is 4.24. The van der Waals surface area contributed by atoms with E-state index in [1.807, 2.05) is 42.6 Å². The van der Waals surface area contributed by atoms with Gasteiger partial charge in [-0.2, -0.15) is 0 Å². The number of furan rings is 1. The van der Waals surface area contributed by atoms with E-state index in [0.717, 1.165) is 16.9 Å². The smallest absolute Gasteiger partial charge is 0.290 e. The molecular weight excluding hydrogens is 440 g/mol. The van der Waals surface area contributed by atoms with Gasteiger partial charge in [-0.25, -0.2) is 0 Å². The number of methoxy groups -OCH3 is 2. The summed E-state index contributed by atoms with van der Waals surface area (Å²) in [6.45, 7) is 3.48. The summed E-state index contributed by atoms with van der Waals surface area (Å²) < 4.78 is 16.0. The molecule has 0 aliphatic heterocycles. The average molecular weight is 471 g/mol. The van der Waals surface area contributed by atoms with Gasteiger partial charge in [0.1, 0.15) is 6.54 Å². The molecule has 33 heavy (non-hydrogen) atoms. The third kappa shape index (κ3) is 6.61. The van der Waals surface area contributed by atoms with E-state index in [4.69, 9.17) is 13.9 Å². The van der Waals surface area contributed by atoms with Crippen molar-refractivity contribution in [3.05, 3.63) is 70.3 Å². The summed E-state index contributed by atoms with van der Waals surface area (Å²) in [5.74, 6) is 1.19. The van der Waals surface area contributed by atoms with E-state index < -0.39 is 0 Å². The lowest BCUT2D eigenvalue weighted by Gasteiger charge is -2.27. The Morgan fingerprint density at radius 3 is 2.45 bits per heavy atom. The first-order chi connectivity index (χ1) is 16.0. The van der Waals surface area contributed by atoms with Crippen LogP contribution in [0.25, 0.3) is 0 Å². The highest BCUT2D eigenvalue weighted by Crippen LogP contribution is 2.28. The number of carbonyl (C=O) groups excluding carboxylic acids is 2. The molecule has 2 aromatic heterocycles. The van der Waals surface area contributed by atoms with Gasteiger partial charge in [0, 0.05) is 18.0 Å². The summed E-state index contributed by atoms with van der Waals surface area (Å²) in [5, 5.41) is 2.00. The molecule has 1 aromatic carbocycles. The first-order valence-corrected chi connectivity index (χ1v) is 11.8. The topological polar surface area (TPSA) is 72.2 Å². The molecule has 0 saturated carbocycles. The van der Waals surface area contributed by atoms with Gasteiger partial charge in [-0.05, 0) is 54.1 Å². The number of hydrogen-bond acceptors (Lipinski definition) is 6. The number of benzene rings is 1. The Morgan fingerprint density at radius 2 is 1.82 bits per heavy atom. The molecule has 7 nitrogen and oxygen atoms in total. The lowest BCUT2D eigenvalue weighted by molar-refractivity contribution is -0.132. The molecule has 0 N–H and O–H groups in total. The highest BCUT2D eigenvalue weighted by Gasteiger charge is 2.23. The van der Waals surface area contributed by atoms with Crippen molar-refractivity contribution >= 4 is 23.2 Å². The van der Waals surface area contributed by atoms with Crippen LogP contribution in [0, 0.1) is 0 Å². The van der Waals surface area contributed by atoms with Crippen molar-refractivity contribution < 1.29 is 23.5 Å². The lowest BCUT2D eigenvalue weighted by Crippen LogP contribution is -2.43. The van der Waals surface area contributed by atoms with Gasteiger partial charge in [0.15, 0.2) is 17.3 Å². The highest BCUT2D eigenvalue weighted by molar-refractivity contribution is 7.09. The minimum Gasteiger partial charge on any atom is -0.493 e. The minimum atomic E-state index is -0.272. The van der Waals surface area contributed by atoms with E-state index in [2.05, 4.69) is 0 Å². The fraction of sp³-hybridized carbons (Fsp3) is 0.360. The third-order valence-corrected chi connectivity index (χ3v) is 6.10. The second-order valence-corrected chi connectivity index (χ2v) is 8.57. The van der Waals surface area contributed by atoms with E-state index >= 15 is 0 Å². The summed E-state index contributed by atoms with van der Waals surface area (Å²) in [4.78, 5) is 30.6. The van der Waals surface area contributed by atoms with Gasteiger partial charge in [-0.3, -0.25) is 9.59 Å². The van der Waals surface area contributed by atoms with Gasteiger partial charge in [-0.1, -0.05) is 19.1 Å². The Kier molecular flexibility index (Phi) is 8.95. The van der Waals surface area contributed by atoms with Crippen LogP contribution in [0.4, 0.5) is 0 Å². The summed E-state index contributed by atoms with van der Waals surface area (Å²) in [6, 6.07) is 13.0. The van der Waals surface area contributed by atoms with Crippen molar-refractivity contribution in [2.75, 3.05) is 33.9 Å². The van der Waals surface area contributed by atoms with Gasteiger partial charge in [0.05, 0.1) is 27.0 Å². The zero-order valence-electron chi connectivity index (χ0n) is 19.3. The van der Waals surface area contributed by atoms with Crippen LogP contribution >= 0.6 is 11.3 Å². The standard InChI is InChI=1S/C25H30N2O5S/c1-4-12-27(25(29)22-8-5-14-32-22)18-24(28)26(17-20-7-6-15-33-20)13-11-19-9-10-21(30-2)23(16-19)31-3/h5-10,14-16H,4,11-13,17-18H2,1-3H3. The van der Waals surface area contributed by atoms with Crippen LogP contribution in [0.2, 0.25) is 0 Å². The maximum atomic E-state index is 13.3. The molecule has 8 heteroatoms. The van der Waals surface area contributed by atoms with E-state index in [0.29, 0.717) is 37.6 Å². The quantitative estimate of drug-likeness (QED) is 0.390. The Hall–Kier alpha value is -3.26. The van der Waals surface area contributed by atoms with Crippen molar-refractivity contribution in [2.45, 2.75) is 26.3 Å². The summed E-state index contributed by atoms with van der Waals surface area (Å²) in [6.07, 6.45) is 2.86. The van der Waals surface area contributed by atoms with Crippen molar-refractivity contribution in [1.29, 1.82) is 0 Å². The van der Waals surface area contributed by atoms with Crippen molar-refractivity contribution in [2.24, 2.45) is 0 Å². The molecule has 0 bridgehead atoms. The van der Waals surface area contributed by atoms with Crippen LogP contribution in [0.3, 0.4) is 0 Å². The van der Waals surface area contributed by atoms with E-state index in [9.17, 15) is 9.59 Å². The predicted molar refractivity (Wildman–Crippen MR) is 128 cm³/mol. The highest BCUT2D eigenvalue weighted by atomic mass is 32.1. The van der Waals surface area contributed by atoms with Crippen LogP contribution in [0.5, 0.6) is 11.5 Å². The number of hydrogen-bond donors (Lipinski definition) is 0. The molecule has 2 amide bonds. The first kappa shape index (κ1) is 24.4. The maximum absolute atomic E-state index is 13.3. The zero-order chi connectivity index (χ0) is 23.6. The molecule has 0 fully saturated rings. The van der Waals surface area contributed by atoms with Gasteiger partial charge in [0.25, 0.3) is 5.91 Å². The zero-order valence-corrected chi connectivity index (χ0v) is 20.1. The molecular formula is C25H30N2O5S. The van der Waals surface area contributed by atoms with Gasteiger partial charge >= 0.3 is 0 Å². The van der Waals surface area contributed by atoms with Crippen LogP contribution in [-0.2, 0) is 17.8 Å². The molecule has 3 rings (SSSR count). The monoisotopic (exact) mass is 470 g/mol. The molecule has 0 aliphatic carbocycles. The molecule has 2 heterocycles. The van der Waals surface area contributed by atoms with E-state index in [-0.39, 0.29) is 24.1 Å². The fourth-order valence-electron chi connectivity index (χ4n) is 3.52. The Balaban J connectivity index is 1.73. The van der Waals surface area contributed by atoms with Crippen molar-refractivity contribution in [3.63, 3.8) is 0 Å². The molecule has 0 radical (unpaired) electrons. The molecule has 0 aliphatic rings. The number of amides is 2. The Labute approximate surface area is 198 Å². The Morgan fingerprint density at radius 1 is 1.00 bits per heavy atom. The first-order valence-electron chi connectivity index (χ1n) is 10.9. The molecule has 0 saturated heterocycles. The molecule has 3 aromatic rings. The Bertz CT molecular complexity index is 1020. The molecule has 0 atom stereocenters. The second-order valence-electron chi connectivity index (χ2n) is 7.54. The number of rotatable bonds is 12. The van der Waals surface area contributed by atoms with Crippen LogP contribution < -0.4 is 9.47 Å². The van der Waals surface area contributed by atoms with Crippen LogP contribution in [-0.4, -0.2) is 55.5 Å². The molecule has 0 spiro atoms. The number of carbonyl (C=O) groups is 2. The normalized spacial score (nSPS) is 10.6. The number of nitrogens with zero attached hydrogens (tertiary/aromatic N) is 2. The summed E-state index contributed by atoms with van der Waals surface area (Å²) in [7, 11) is 3.21. The second kappa shape index (κ2) is 12.1.